The second-order valence-electron chi connectivity index (χ2n) is 9.22. The molecule has 3 aliphatic rings. The number of anilines is 1. The molecule has 0 spiro atoms. The van der Waals surface area contributed by atoms with Gasteiger partial charge in [-0.15, -0.1) is 0 Å². The van der Waals surface area contributed by atoms with E-state index in [-0.39, 0.29) is 16.9 Å². The quantitative estimate of drug-likeness (QED) is 0.807. The molecule has 2 aliphatic heterocycles. The molecule has 7 heteroatoms. The molecule has 0 N–H and O–H groups in total. The molecule has 3 heterocycles. The summed E-state index contributed by atoms with van der Waals surface area (Å²) in [4.78, 5) is 6.88. The molecule has 0 amide bonds. The zero-order valence-electron chi connectivity index (χ0n) is 15.9. The highest BCUT2D eigenvalue weighted by atomic mass is 32.2. The van der Waals surface area contributed by atoms with E-state index in [0.29, 0.717) is 24.7 Å². The number of rotatable bonds is 3. The average Bonchev–Trinajstić information content (AvgIpc) is 2.85. The minimum absolute atomic E-state index is 0.0840. The Kier molecular flexibility index (Phi) is 4.32. The number of aromatic nitrogens is 1. The smallest absolute Gasteiger partial charge is 0.244 e. The topological polar surface area (TPSA) is 62.7 Å². The molecule has 2 saturated heterocycles. The predicted molar refractivity (Wildman–Crippen MR) is 101 cm³/mol. The summed E-state index contributed by atoms with van der Waals surface area (Å²) in [6.45, 7) is 10.3. The standard InChI is InChI=1S/C19H29N3O3S/c1-18(2)10-15-11-19(3,13-18)14-22(15)26(23,24)16-4-5-17(20-12-16)21-6-8-25-9-7-21/h4-5,12,15H,6-11,13-14H2,1-3H3. The minimum Gasteiger partial charge on any atom is -0.378 e. The van der Waals surface area contributed by atoms with Crippen LogP contribution in [0.15, 0.2) is 23.2 Å². The van der Waals surface area contributed by atoms with E-state index in [9.17, 15) is 8.42 Å². The molecule has 2 bridgehead atoms. The van der Waals surface area contributed by atoms with Crippen LogP contribution in [0.3, 0.4) is 0 Å². The van der Waals surface area contributed by atoms with Crippen LogP contribution in [0.2, 0.25) is 0 Å². The van der Waals surface area contributed by atoms with Gasteiger partial charge in [0.2, 0.25) is 10.0 Å². The second-order valence-corrected chi connectivity index (χ2v) is 11.1. The van der Waals surface area contributed by atoms with Gasteiger partial charge in [0.15, 0.2) is 0 Å². The molecule has 2 atom stereocenters. The van der Waals surface area contributed by atoms with E-state index in [1.807, 2.05) is 6.07 Å². The molecular formula is C19H29N3O3S. The molecule has 1 aliphatic carbocycles. The lowest BCUT2D eigenvalue weighted by atomic mass is 9.65. The minimum atomic E-state index is -3.50. The summed E-state index contributed by atoms with van der Waals surface area (Å²) in [6, 6.07) is 3.64. The van der Waals surface area contributed by atoms with Crippen molar-refractivity contribution >= 4 is 15.8 Å². The number of hydrogen-bond donors (Lipinski definition) is 0. The van der Waals surface area contributed by atoms with Gasteiger partial charge in [-0.1, -0.05) is 20.8 Å². The summed E-state index contributed by atoms with van der Waals surface area (Å²) in [5.41, 5.74) is 0.279. The lowest BCUT2D eigenvalue weighted by Gasteiger charge is -2.39. The Morgan fingerprint density at radius 1 is 1.15 bits per heavy atom. The van der Waals surface area contributed by atoms with Crippen LogP contribution in [0, 0.1) is 10.8 Å². The zero-order chi connectivity index (χ0) is 18.6. The van der Waals surface area contributed by atoms with Gasteiger partial charge in [0.1, 0.15) is 10.7 Å². The van der Waals surface area contributed by atoms with Crippen LogP contribution in [0.25, 0.3) is 0 Å². The Bertz CT molecular complexity index is 772. The number of fused-ring (bicyclic) bond motifs is 2. The fraction of sp³-hybridized carbons (Fsp3) is 0.737. The number of sulfonamides is 1. The first-order chi connectivity index (χ1) is 12.2. The lowest BCUT2D eigenvalue weighted by Crippen LogP contribution is -2.38. The van der Waals surface area contributed by atoms with Crippen LogP contribution in [-0.4, -0.2) is 56.6 Å². The van der Waals surface area contributed by atoms with Crippen molar-refractivity contribution in [3.63, 3.8) is 0 Å². The monoisotopic (exact) mass is 379 g/mol. The molecule has 0 radical (unpaired) electrons. The van der Waals surface area contributed by atoms with Crippen molar-refractivity contribution in [1.29, 1.82) is 0 Å². The first-order valence-corrected chi connectivity index (χ1v) is 10.9. The normalized spacial score (nSPS) is 32.0. The molecule has 4 rings (SSSR count). The summed E-state index contributed by atoms with van der Waals surface area (Å²) in [7, 11) is -3.50. The van der Waals surface area contributed by atoms with Gasteiger partial charge < -0.3 is 9.64 Å². The van der Waals surface area contributed by atoms with Crippen molar-refractivity contribution in [3.8, 4) is 0 Å². The Morgan fingerprint density at radius 3 is 2.54 bits per heavy atom. The van der Waals surface area contributed by atoms with Gasteiger partial charge in [0.25, 0.3) is 0 Å². The SMILES string of the molecule is CC1(C)CC2CC(C)(CN2S(=O)(=O)c2ccc(N3CCOCC3)nc2)C1. The number of nitrogens with zero attached hydrogens (tertiary/aromatic N) is 3. The van der Waals surface area contributed by atoms with Gasteiger partial charge in [0.05, 0.1) is 13.2 Å². The highest BCUT2D eigenvalue weighted by Crippen LogP contribution is 2.53. The molecular weight excluding hydrogens is 350 g/mol. The summed E-state index contributed by atoms with van der Waals surface area (Å²) >= 11 is 0. The highest BCUT2D eigenvalue weighted by molar-refractivity contribution is 7.89. The van der Waals surface area contributed by atoms with Gasteiger partial charge in [-0.3, -0.25) is 0 Å². The van der Waals surface area contributed by atoms with E-state index in [1.165, 1.54) is 6.20 Å². The van der Waals surface area contributed by atoms with Crippen LogP contribution >= 0.6 is 0 Å². The van der Waals surface area contributed by atoms with Gasteiger partial charge in [-0.2, -0.15) is 4.31 Å². The fourth-order valence-corrected chi connectivity index (χ4v) is 7.05. The third-order valence-corrected chi connectivity index (χ3v) is 7.91. The van der Waals surface area contributed by atoms with Gasteiger partial charge in [0, 0.05) is 31.9 Å². The maximum Gasteiger partial charge on any atom is 0.244 e. The maximum absolute atomic E-state index is 13.3. The molecule has 1 saturated carbocycles. The van der Waals surface area contributed by atoms with Crippen molar-refractivity contribution in [3.05, 3.63) is 18.3 Å². The van der Waals surface area contributed by atoms with Gasteiger partial charge in [-0.25, -0.2) is 13.4 Å². The largest absolute Gasteiger partial charge is 0.378 e. The molecule has 6 nitrogen and oxygen atoms in total. The Morgan fingerprint density at radius 2 is 1.88 bits per heavy atom. The third-order valence-electron chi connectivity index (χ3n) is 6.03. The first-order valence-electron chi connectivity index (χ1n) is 9.49. The number of morpholine rings is 1. The van der Waals surface area contributed by atoms with Gasteiger partial charge in [-0.05, 0) is 42.2 Å². The van der Waals surface area contributed by atoms with E-state index in [1.54, 1.807) is 10.4 Å². The average molecular weight is 380 g/mol. The number of ether oxygens (including phenoxy) is 1. The van der Waals surface area contributed by atoms with Crippen LogP contribution in [0.4, 0.5) is 5.82 Å². The Labute approximate surface area is 156 Å². The molecule has 3 fully saturated rings. The summed E-state index contributed by atoms with van der Waals surface area (Å²) in [5, 5.41) is 0. The van der Waals surface area contributed by atoms with E-state index in [2.05, 4.69) is 30.7 Å². The zero-order valence-corrected chi connectivity index (χ0v) is 16.8. The highest BCUT2D eigenvalue weighted by Gasteiger charge is 2.53. The van der Waals surface area contributed by atoms with E-state index in [4.69, 9.17) is 4.74 Å². The van der Waals surface area contributed by atoms with E-state index in [0.717, 1.165) is 38.2 Å². The molecule has 144 valence electrons. The van der Waals surface area contributed by atoms with Crippen LogP contribution in [0.1, 0.15) is 40.0 Å². The van der Waals surface area contributed by atoms with Crippen molar-refractivity contribution < 1.29 is 13.2 Å². The number of hydrogen-bond acceptors (Lipinski definition) is 5. The second kappa shape index (κ2) is 6.17. The molecule has 1 aromatic rings. The van der Waals surface area contributed by atoms with Crippen molar-refractivity contribution in [2.75, 3.05) is 37.7 Å². The first kappa shape index (κ1) is 18.2. The summed E-state index contributed by atoms with van der Waals surface area (Å²) in [6.07, 6.45) is 4.50. The molecule has 0 aromatic carbocycles. The molecule has 2 unspecified atom stereocenters. The summed E-state index contributed by atoms with van der Waals surface area (Å²) in [5.74, 6) is 0.820. The molecule has 26 heavy (non-hydrogen) atoms. The lowest BCUT2D eigenvalue weighted by molar-refractivity contribution is 0.122. The van der Waals surface area contributed by atoms with Crippen molar-refractivity contribution in [2.24, 2.45) is 10.8 Å². The molecule has 1 aromatic heterocycles. The van der Waals surface area contributed by atoms with E-state index < -0.39 is 10.0 Å². The predicted octanol–water partition coefficient (Wildman–Crippen LogP) is 2.51. The van der Waals surface area contributed by atoms with Crippen LogP contribution in [-0.2, 0) is 14.8 Å². The third kappa shape index (κ3) is 3.25. The summed E-state index contributed by atoms with van der Waals surface area (Å²) < 4.78 is 33.6. The maximum atomic E-state index is 13.3. The number of pyridine rings is 1. The van der Waals surface area contributed by atoms with Crippen molar-refractivity contribution in [1.82, 2.24) is 9.29 Å². The van der Waals surface area contributed by atoms with Crippen molar-refractivity contribution in [2.45, 2.75) is 51.0 Å². The fourth-order valence-electron chi connectivity index (χ4n) is 5.33. The van der Waals surface area contributed by atoms with Gasteiger partial charge >= 0.3 is 0 Å². The van der Waals surface area contributed by atoms with Crippen LogP contribution in [0.5, 0.6) is 0 Å². The van der Waals surface area contributed by atoms with Crippen LogP contribution < -0.4 is 4.90 Å². The Balaban J connectivity index is 1.57. The van der Waals surface area contributed by atoms with E-state index >= 15 is 0 Å². The Hall–Kier alpha value is -1.18.